The second-order valence-electron chi connectivity index (χ2n) is 4.50. The van der Waals surface area contributed by atoms with Crippen LogP contribution in [0.1, 0.15) is 36.3 Å². The van der Waals surface area contributed by atoms with Crippen molar-refractivity contribution in [3.8, 4) is 0 Å². The Labute approximate surface area is 110 Å². The zero-order valence-corrected chi connectivity index (χ0v) is 11.0. The van der Waals surface area contributed by atoms with E-state index in [2.05, 4.69) is 15.5 Å². The highest BCUT2D eigenvalue weighted by Gasteiger charge is 2.14. The molecule has 0 saturated carbocycles. The monoisotopic (exact) mass is 263 g/mol. The van der Waals surface area contributed by atoms with Crippen molar-refractivity contribution >= 4 is 11.6 Å². The average molecular weight is 263 g/mol. The largest absolute Gasteiger partial charge is 0.397 e. The van der Waals surface area contributed by atoms with Gasteiger partial charge in [-0.25, -0.2) is 0 Å². The van der Waals surface area contributed by atoms with Crippen LogP contribution >= 0.6 is 0 Å². The third-order valence-electron chi connectivity index (χ3n) is 2.69. The SMILES string of the molecule is CC(C)n1cc(N)cc1C(=O)NCCc1ncno1. The molecule has 19 heavy (non-hydrogen) atoms. The smallest absolute Gasteiger partial charge is 0.268 e. The molecule has 0 aromatic carbocycles. The van der Waals surface area contributed by atoms with E-state index >= 15 is 0 Å². The Hall–Kier alpha value is -2.31. The Kier molecular flexibility index (Phi) is 3.84. The number of nitrogens with two attached hydrogens (primary N) is 1. The Morgan fingerprint density at radius 1 is 1.58 bits per heavy atom. The highest BCUT2D eigenvalue weighted by Crippen LogP contribution is 2.16. The van der Waals surface area contributed by atoms with E-state index in [9.17, 15) is 4.79 Å². The van der Waals surface area contributed by atoms with Gasteiger partial charge in [-0.3, -0.25) is 4.79 Å². The lowest BCUT2D eigenvalue weighted by Crippen LogP contribution is -2.28. The molecule has 1 amide bonds. The van der Waals surface area contributed by atoms with E-state index in [0.717, 1.165) is 0 Å². The summed E-state index contributed by atoms with van der Waals surface area (Å²) in [5.41, 5.74) is 6.86. The molecule has 2 aromatic heterocycles. The quantitative estimate of drug-likeness (QED) is 0.838. The van der Waals surface area contributed by atoms with Gasteiger partial charge in [0.1, 0.15) is 5.69 Å². The van der Waals surface area contributed by atoms with E-state index in [1.165, 1.54) is 6.33 Å². The van der Waals surface area contributed by atoms with Crippen LogP contribution < -0.4 is 11.1 Å². The molecular weight excluding hydrogens is 246 g/mol. The van der Waals surface area contributed by atoms with Crippen molar-refractivity contribution in [3.63, 3.8) is 0 Å². The van der Waals surface area contributed by atoms with Gasteiger partial charge in [-0.1, -0.05) is 5.16 Å². The maximum absolute atomic E-state index is 12.1. The predicted molar refractivity (Wildman–Crippen MR) is 69.6 cm³/mol. The minimum atomic E-state index is -0.162. The predicted octanol–water partition coefficient (Wildman–Crippen LogP) is 1.01. The van der Waals surface area contributed by atoms with E-state index in [-0.39, 0.29) is 11.9 Å². The number of hydrogen-bond acceptors (Lipinski definition) is 5. The number of hydrogen-bond donors (Lipinski definition) is 2. The number of nitrogens with zero attached hydrogens (tertiary/aromatic N) is 3. The van der Waals surface area contributed by atoms with Crippen molar-refractivity contribution in [1.29, 1.82) is 0 Å². The normalized spacial score (nSPS) is 10.9. The van der Waals surface area contributed by atoms with Crippen molar-refractivity contribution in [2.24, 2.45) is 0 Å². The molecule has 7 heteroatoms. The Balaban J connectivity index is 1.96. The molecule has 2 heterocycles. The van der Waals surface area contributed by atoms with Crippen LogP contribution in [0, 0.1) is 0 Å². The van der Waals surface area contributed by atoms with Crippen molar-refractivity contribution in [2.45, 2.75) is 26.3 Å². The van der Waals surface area contributed by atoms with Gasteiger partial charge in [0, 0.05) is 25.2 Å². The molecule has 0 spiro atoms. The number of rotatable bonds is 5. The Morgan fingerprint density at radius 3 is 3.00 bits per heavy atom. The number of nitrogens with one attached hydrogen (secondary N) is 1. The van der Waals surface area contributed by atoms with Crippen LogP contribution in [-0.4, -0.2) is 27.2 Å². The van der Waals surface area contributed by atoms with Gasteiger partial charge in [-0.15, -0.1) is 0 Å². The first kappa shape index (κ1) is 13.1. The van der Waals surface area contributed by atoms with Crippen LogP contribution in [0.25, 0.3) is 0 Å². The third kappa shape index (κ3) is 3.12. The van der Waals surface area contributed by atoms with Gasteiger partial charge in [0.25, 0.3) is 5.91 Å². The van der Waals surface area contributed by atoms with Crippen molar-refractivity contribution < 1.29 is 9.32 Å². The van der Waals surface area contributed by atoms with E-state index in [4.69, 9.17) is 10.3 Å². The fourth-order valence-corrected chi connectivity index (χ4v) is 1.79. The van der Waals surface area contributed by atoms with Crippen molar-refractivity contribution in [2.75, 3.05) is 12.3 Å². The van der Waals surface area contributed by atoms with Crippen LogP contribution in [0.2, 0.25) is 0 Å². The van der Waals surface area contributed by atoms with Gasteiger partial charge >= 0.3 is 0 Å². The van der Waals surface area contributed by atoms with Crippen LogP contribution in [0.15, 0.2) is 23.1 Å². The van der Waals surface area contributed by atoms with Gasteiger partial charge in [-0.05, 0) is 19.9 Å². The minimum absolute atomic E-state index is 0.162. The van der Waals surface area contributed by atoms with Gasteiger partial charge in [-0.2, -0.15) is 4.98 Å². The first-order chi connectivity index (χ1) is 9.08. The van der Waals surface area contributed by atoms with E-state index in [0.29, 0.717) is 30.2 Å². The molecule has 0 bridgehead atoms. The number of carbonyl (C=O) groups is 1. The summed E-state index contributed by atoms with van der Waals surface area (Å²) >= 11 is 0. The highest BCUT2D eigenvalue weighted by molar-refractivity contribution is 5.93. The Morgan fingerprint density at radius 2 is 2.37 bits per heavy atom. The first-order valence-electron chi connectivity index (χ1n) is 6.09. The summed E-state index contributed by atoms with van der Waals surface area (Å²) in [5.74, 6) is 0.337. The molecule has 0 fully saturated rings. The molecule has 3 N–H and O–H groups in total. The van der Waals surface area contributed by atoms with Crippen molar-refractivity contribution in [1.82, 2.24) is 20.0 Å². The molecule has 102 valence electrons. The molecular formula is C12H17N5O2. The lowest BCUT2D eigenvalue weighted by Gasteiger charge is -2.12. The van der Waals surface area contributed by atoms with Gasteiger partial charge in [0.2, 0.25) is 5.89 Å². The van der Waals surface area contributed by atoms with Gasteiger partial charge in [0.05, 0.1) is 5.69 Å². The molecule has 7 nitrogen and oxygen atoms in total. The van der Waals surface area contributed by atoms with Gasteiger partial charge in [0.15, 0.2) is 6.33 Å². The maximum atomic E-state index is 12.1. The number of aromatic nitrogens is 3. The topological polar surface area (TPSA) is 99.0 Å². The van der Waals surface area contributed by atoms with Crippen molar-refractivity contribution in [3.05, 3.63) is 30.2 Å². The van der Waals surface area contributed by atoms with E-state index in [1.807, 2.05) is 18.4 Å². The fraction of sp³-hybridized carbons (Fsp3) is 0.417. The number of nitrogen functional groups attached to an aromatic ring is 1. The molecule has 0 aliphatic rings. The zero-order chi connectivity index (χ0) is 13.8. The lowest BCUT2D eigenvalue weighted by molar-refractivity contribution is 0.0942. The third-order valence-corrected chi connectivity index (χ3v) is 2.69. The summed E-state index contributed by atoms with van der Waals surface area (Å²) in [6, 6.07) is 1.84. The molecule has 2 rings (SSSR count). The van der Waals surface area contributed by atoms with E-state index < -0.39 is 0 Å². The van der Waals surface area contributed by atoms with Crippen LogP contribution in [-0.2, 0) is 6.42 Å². The Bertz CT molecular complexity index is 544. The molecule has 0 radical (unpaired) electrons. The van der Waals surface area contributed by atoms with Crippen LogP contribution in [0.5, 0.6) is 0 Å². The highest BCUT2D eigenvalue weighted by atomic mass is 16.5. The molecule has 0 atom stereocenters. The summed E-state index contributed by atoms with van der Waals surface area (Å²) in [6.45, 7) is 4.42. The van der Waals surface area contributed by atoms with Crippen LogP contribution in [0.3, 0.4) is 0 Å². The molecule has 0 unspecified atom stereocenters. The van der Waals surface area contributed by atoms with Crippen LogP contribution in [0.4, 0.5) is 5.69 Å². The summed E-state index contributed by atoms with van der Waals surface area (Å²) < 4.78 is 6.69. The first-order valence-corrected chi connectivity index (χ1v) is 6.09. The number of anilines is 1. The maximum Gasteiger partial charge on any atom is 0.268 e. The summed E-state index contributed by atoms with van der Waals surface area (Å²) in [4.78, 5) is 15.9. The standard InChI is InChI=1S/C12H17N5O2/c1-8(2)17-6-9(13)5-10(17)12(18)14-4-3-11-15-7-16-19-11/h5-8H,3-4,13H2,1-2H3,(H,14,18). The molecule has 0 aliphatic heterocycles. The zero-order valence-electron chi connectivity index (χ0n) is 11.0. The summed E-state index contributed by atoms with van der Waals surface area (Å²) in [5, 5.41) is 6.30. The molecule has 0 aliphatic carbocycles. The fourth-order valence-electron chi connectivity index (χ4n) is 1.79. The second kappa shape index (κ2) is 5.55. The molecule has 2 aromatic rings. The number of carbonyl (C=O) groups excluding carboxylic acids is 1. The minimum Gasteiger partial charge on any atom is -0.397 e. The van der Waals surface area contributed by atoms with E-state index in [1.54, 1.807) is 12.3 Å². The summed E-state index contributed by atoms with van der Waals surface area (Å²) in [6.07, 6.45) is 3.60. The molecule has 0 saturated heterocycles. The average Bonchev–Trinajstić information content (AvgIpc) is 2.98. The van der Waals surface area contributed by atoms with Gasteiger partial charge < -0.3 is 20.1 Å². The lowest BCUT2D eigenvalue weighted by atomic mass is 10.3. The summed E-state index contributed by atoms with van der Waals surface area (Å²) in [7, 11) is 0. The second-order valence-corrected chi connectivity index (χ2v) is 4.50. The number of amides is 1.